The van der Waals surface area contributed by atoms with E-state index in [1.165, 1.54) is 6.07 Å². The molecule has 3 N–H and O–H groups in total. The summed E-state index contributed by atoms with van der Waals surface area (Å²) in [6, 6.07) is 4.81. The molecular formula is C13H17FN2O. The van der Waals surface area contributed by atoms with Crippen molar-refractivity contribution < 1.29 is 9.18 Å². The Morgan fingerprint density at radius 3 is 2.71 bits per heavy atom. The van der Waals surface area contributed by atoms with E-state index in [0.717, 1.165) is 6.42 Å². The maximum Gasteiger partial charge on any atom is 0.248 e. The highest BCUT2D eigenvalue weighted by molar-refractivity contribution is 5.92. The first-order valence-electron chi connectivity index (χ1n) is 5.72. The molecule has 1 aromatic carbocycles. The summed E-state index contributed by atoms with van der Waals surface area (Å²) in [7, 11) is 0. The second kappa shape index (κ2) is 4.11. The minimum atomic E-state index is -0.605. The van der Waals surface area contributed by atoms with E-state index in [-0.39, 0.29) is 11.4 Å². The molecule has 0 heterocycles. The van der Waals surface area contributed by atoms with Gasteiger partial charge < -0.3 is 11.1 Å². The van der Waals surface area contributed by atoms with Crippen molar-refractivity contribution in [3.63, 3.8) is 0 Å². The van der Waals surface area contributed by atoms with Crippen LogP contribution < -0.4 is 11.1 Å². The predicted molar refractivity (Wildman–Crippen MR) is 63.9 cm³/mol. The highest BCUT2D eigenvalue weighted by Gasteiger charge is 2.45. The van der Waals surface area contributed by atoms with Crippen molar-refractivity contribution in [2.75, 3.05) is 0 Å². The number of carbonyl (C=O) groups is 1. The van der Waals surface area contributed by atoms with Gasteiger partial charge in [0.2, 0.25) is 5.91 Å². The second-order valence-electron chi connectivity index (χ2n) is 5.30. The fourth-order valence-corrected chi connectivity index (χ4v) is 1.89. The van der Waals surface area contributed by atoms with E-state index in [0.29, 0.717) is 23.6 Å². The average molecular weight is 236 g/mol. The van der Waals surface area contributed by atoms with Crippen LogP contribution in [0.4, 0.5) is 4.39 Å². The minimum Gasteiger partial charge on any atom is -0.366 e. The van der Waals surface area contributed by atoms with Gasteiger partial charge >= 0.3 is 0 Å². The summed E-state index contributed by atoms with van der Waals surface area (Å²) in [6.45, 7) is 4.84. The van der Waals surface area contributed by atoms with Crippen molar-refractivity contribution in [1.29, 1.82) is 0 Å². The highest BCUT2D eigenvalue weighted by Crippen LogP contribution is 2.44. The first-order valence-corrected chi connectivity index (χ1v) is 5.72. The number of nitrogens with two attached hydrogens (primary N) is 1. The molecule has 0 aliphatic heterocycles. The number of benzene rings is 1. The molecule has 3 nitrogen and oxygen atoms in total. The molecule has 1 unspecified atom stereocenters. The van der Waals surface area contributed by atoms with Gasteiger partial charge in [0.15, 0.2) is 0 Å². The summed E-state index contributed by atoms with van der Waals surface area (Å²) < 4.78 is 13.6. The number of rotatable bonds is 4. The van der Waals surface area contributed by atoms with Crippen LogP contribution in [0.15, 0.2) is 18.2 Å². The van der Waals surface area contributed by atoms with Crippen molar-refractivity contribution in [3.05, 3.63) is 35.1 Å². The summed E-state index contributed by atoms with van der Waals surface area (Å²) >= 11 is 0. The van der Waals surface area contributed by atoms with Crippen LogP contribution in [-0.2, 0) is 6.54 Å². The van der Waals surface area contributed by atoms with E-state index >= 15 is 0 Å². The minimum absolute atomic E-state index is 0.206. The molecule has 0 radical (unpaired) electrons. The normalized spacial score (nSPS) is 21.2. The van der Waals surface area contributed by atoms with Crippen molar-refractivity contribution in [2.45, 2.75) is 32.9 Å². The van der Waals surface area contributed by atoms with Crippen LogP contribution in [0.2, 0.25) is 0 Å². The van der Waals surface area contributed by atoms with Crippen LogP contribution in [0.5, 0.6) is 0 Å². The average Bonchev–Trinajstić information content (AvgIpc) is 2.84. The topological polar surface area (TPSA) is 55.1 Å². The van der Waals surface area contributed by atoms with Gasteiger partial charge in [-0.3, -0.25) is 4.79 Å². The lowest BCUT2D eigenvalue weighted by Crippen LogP contribution is -2.21. The molecule has 92 valence electrons. The number of hydrogen-bond donors (Lipinski definition) is 2. The lowest BCUT2D eigenvalue weighted by atomic mass is 10.1. The molecular weight excluding hydrogens is 219 g/mol. The van der Waals surface area contributed by atoms with Crippen molar-refractivity contribution in [3.8, 4) is 0 Å². The Labute approximate surface area is 100 Å². The molecule has 17 heavy (non-hydrogen) atoms. The summed E-state index contributed by atoms with van der Waals surface area (Å²) in [5.74, 6) is -0.987. The molecule has 4 heteroatoms. The summed E-state index contributed by atoms with van der Waals surface area (Å²) in [6.07, 6.45) is 1.12. The Hall–Kier alpha value is -1.42. The smallest absolute Gasteiger partial charge is 0.248 e. The summed E-state index contributed by atoms with van der Waals surface area (Å²) in [5.41, 5.74) is 6.18. The Balaban J connectivity index is 2.00. The van der Waals surface area contributed by atoms with Gasteiger partial charge in [-0.2, -0.15) is 0 Å². The molecule has 1 fully saturated rings. The molecule has 1 amide bonds. The molecule has 1 aromatic rings. The first kappa shape index (κ1) is 12.0. The first-order chi connectivity index (χ1) is 7.90. The second-order valence-corrected chi connectivity index (χ2v) is 5.30. The van der Waals surface area contributed by atoms with Gasteiger partial charge in [0, 0.05) is 23.7 Å². The zero-order valence-electron chi connectivity index (χ0n) is 10.1. The van der Waals surface area contributed by atoms with Gasteiger partial charge in [-0.25, -0.2) is 4.39 Å². The molecule has 1 aliphatic carbocycles. The third-order valence-corrected chi connectivity index (χ3v) is 3.39. The quantitative estimate of drug-likeness (QED) is 0.837. The monoisotopic (exact) mass is 236 g/mol. The third-order valence-electron chi connectivity index (χ3n) is 3.39. The number of amides is 1. The van der Waals surface area contributed by atoms with Crippen molar-refractivity contribution in [2.24, 2.45) is 11.1 Å². The number of hydrogen-bond acceptors (Lipinski definition) is 2. The van der Waals surface area contributed by atoms with E-state index in [1.807, 2.05) is 0 Å². The Morgan fingerprint density at radius 2 is 2.24 bits per heavy atom. The van der Waals surface area contributed by atoms with Crippen molar-refractivity contribution >= 4 is 5.91 Å². The maximum atomic E-state index is 13.6. The number of nitrogens with one attached hydrogen (secondary N) is 1. The number of primary amides is 1. The van der Waals surface area contributed by atoms with Crippen LogP contribution in [0, 0.1) is 11.2 Å². The molecule has 0 bridgehead atoms. The van der Waals surface area contributed by atoms with E-state index in [2.05, 4.69) is 19.2 Å². The predicted octanol–water partition coefficient (Wildman–Crippen LogP) is 1.81. The van der Waals surface area contributed by atoms with Crippen LogP contribution in [0.3, 0.4) is 0 Å². The van der Waals surface area contributed by atoms with Crippen LogP contribution in [0.1, 0.15) is 36.2 Å². The van der Waals surface area contributed by atoms with Crippen LogP contribution in [0.25, 0.3) is 0 Å². The van der Waals surface area contributed by atoms with Gasteiger partial charge in [0.05, 0.1) is 0 Å². The molecule has 1 saturated carbocycles. The zero-order valence-corrected chi connectivity index (χ0v) is 10.1. The molecule has 2 rings (SSSR count). The standard InChI is InChI=1S/C13H17FN2O/c1-13(2)6-11(13)16-7-9-4-3-8(12(15)17)5-10(9)14/h3-5,11,16H,6-7H2,1-2H3,(H2,15,17). The number of carbonyl (C=O) groups excluding carboxylic acids is 1. The third kappa shape index (κ3) is 2.64. The van der Waals surface area contributed by atoms with E-state index in [4.69, 9.17) is 5.73 Å². The van der Waals surface area contributed by atoms with Crippen molar-refractivity contribution in [1.82, 2.24) is 5.32 Å². The maximum absolute atomic E-state index is 13.6. The van der Waals surface area contributed by atoms with Gasteiger partial charge in [-0.05, 0) is 24.0 Å². The van der Waals surface area contributed by atoms with Crippen LogP contribution >= 0.6 is 0 Å². The highest BCUT2D eigenvalue weighted by atomic mass is 19.1. The van der Waals surface area contributed by atoms with Gasteiger partial charge in [-0.15, -0.1) is 0 Å². The largest absolute Gasteiger partial charge is 0.366 e. The Bertz CT molecular complexity index is 457. The summed E-state index contributed by atoms with van der Waals surface area (Å²) in [4.78, 5) is 10.9. The van der Waals surface area contributed by atoms with E-state index < -0.39 is 5.91 Å². The molecule has 0 spiro atoms. The lowest BCUT2D eigenvalue weighted by molar-refractivity contribution is 0.1000. The van der Waals surface area contributed by atoms with E-state index in [1.54, 1.807) is 12.1 Å². The molecule has 0 aromatic heterocycles. The summed E-state index contributed by atoms with van der Waals surface area (Å²) in [5, 5.41) is 3.30. The Kier molecular flexibility index (Phi) is 2.91. The van der Waals surface area contributed by atoms with Crippen LogP contribution in [-0.4, -0.2) is 11.9 Å². The number of halogens is 1. The van der Waals surface area contributed by atoms with E-state index in [9.17, 15) is 9.18 Å². The zero-order chi connectivity index (χ0) is 12.6. The fraction of sp³-hybridized carbons (Fsp3) is 0.462. The molecule has 1 aliphatic rings. The molecule has 0 saturated heterocycles. The fourth-order valence-electron chi connectivity index (χ4n) is 1.89. The van der Waals surface area contributed by atoms with Gasteiger partial charge in [0.25, 0.3) is 0 Å². The van der Waals surface area contributed by atoms with Gasteiger partial charge in [-0.1, -0.05) is 19.9 Å². The van der Waals surface area contributed by atoms with Gasteiger partial charge in [0.1, 0.15) is 5.82 Å². The SMILES string of the molecule is CC1(C)CC1NCc1ccc(C(N)=O)cc1F. The Morgan fingerprint density at radius 1 is 1.59 bits per heavy atom. The lowest BCUT2D eigenvalue weighted by Gasteiger charge is -2.08. The molecule has 1 atom stereocenters.